The molecule has 0 aliphatic heterocycles. The van der Waals surface area contributed by atoms with Gasteiger partial charge in [0.1, 0.15) is 13.2 Å². The summed E-state index contributed by atoms with van der Waals surface area (Å²) in [4.78, 5) is 38.0. The normalized spacial score (nSPS) is 12.2. The molecule has 0 saturated heterocycles. The molecule has 0 aliphatic carbocycles. The van der Waals surface area contributed by atoms with Crippen LogP contribution in [0.1, 0.15) is 335 Å². The van der Waals surface area contributed by atoms with E-state index in [0.717, 1.165) is 83.5 Å². The average Bonchev–Trinajstić information content (AvgIpc) is 3.36. The third-order valence-electron chi connectivity index (χ3n) is 13.9. The number of allylic oxidation sites excluding steroid dienone is 6. The second kappa shape index (κ2) is 59.2. The standard InChI is InChI=1S/C64H118O6/c1-4-7-10-13-16-18-20-22-24-26-27-28-29-30-31-32-33-34-35-36-38-39-41-43-45-48-51-54-57-63(66)69-60-61(59-68-62(65)56-53-50-47-15-12-9-6-3)70-64(67)58-55-52-49-46-44-42-40-37-25-23-21-19-17-14-11-8-5-2/h8,11,17,19,23,25,61H,4-7,9-10,12-16,18,20-22,24,26-60H2,1-3H3/b11-8-,19-17-,25-23-. The summed E-state index contributed by atoms with van der Waals surface area (Å²) in [5.74, 6) is -0.871. The molecule has 70 heavy (non-hydrogen) atoms. The van der Waals surface area contributed by atoms with Crippen LogP contribution in [0.3, 0.4) is 0 Å². The summed E-state index contributed by atoms with van der Waals surface area (Å²) in [7, 11) is 0. The van der Waals surface area contributed by atoms with Gasteiger partial charge >= 0.3 is 17.9 Å². The first-order chi connectivity index (χ1) is 34.5. The van der Waals surface area contributed by atoms with E-state index in [-0.39, 0.29) is 31.1 Å². The lowest BCUT2D eigenvalue weighted by Crippen LogP contribution is -2.30. The van der Waals surface area contributed by atoms with Crippen molar-refractivity contribution in [2.45, 2.75) is 341 Å². The molecule has 0 radical (unpaired) electrons. The molecular formula is C64H118O6. The molecule has 0 amide bonds. The molecule has 0 heterocycles. The lowest BCUT2D eigenvalue weighted by atomic mass is 10.0. The number of ether oxygens (including phenoxy) is 3. The highest BCUT2D eigenvalue weighted by Crippen LogP contribution is 2.18. The van der Waals surface area contributed by atoms with Gasteiger partial charge in [0.25, 0.3) is 0 Å². The fraction of sp³-hybridized carbons (Fsp3) is 0.859. The molecule has 0 N–H and O–H groups in total. The molecule has 0 saturated carbocycles. The van der Waals surface area contributed by atoms with Gasteiger partial charge in [-0.3, -0.25) is 14.4 Å². The second-order valence-corrected chi connectivity index (χ2v) is 21.0. The van der Waals surface area contributed by atoms with Crippen molar-refractivity contribution in [1.29, 1.82) is 0 Å². The van der Waals surface area contributed by atoms with Crippen LogP contribution in [0, 0.1) is 0 Å². The first-order valence-corrected chi connectivity index (χ1v) is 31.0. The van der Waals surface area contributed by atoms with Gasteiger partial charge in [-0.25, -0.2) is 0 Å². The van der Waals surface area contributed by atoms with E-state index in [1.54, 1.807) is 0 Å². The first kappa shape index (κ1) is 67.6. The fourth-order valence-electron chi connectivity index (χ4n) is 9.28. The van der Waals surface area contributed by atoms with Crippen LogP contribution in [0.2, 0.25) is 0 Å². The Balaban J connectivity index is 4.04. The number of carbonyl (C=O) groups is 3. The predicted molar refractivity (Wildman–Crippen MR) is 302 cm³/mol. The first-order valence-electron chi connectivity index (χ1n) is 31.0. The molecule has 0 bridgehead atoms. The monoisotopic (exact) mass is 983 g/mol. The van der Waals surface area contributed by atoms with Crippen molar-refractivity contribution in [3.63, 3.8) is 0 Å². The van der Waals surface area contributed by atoms with Crippen molar-refractivity contribution in [2.75, 3.05) is 13.2 Å². The number of hydrogen-bond donors (Lipinski definition) is 0. The minimum Gasteiger partial charge on any atom is -0.462 e. The Morgan fingerprint density at radius 3 is 0.871 bits per heavy atom. The Morgan fingerprint density at radius 2 is 0.557 bits per heavy atom. The van der Waals surface area contributed by atoms with Gasteiger partial charge in [0, 0.05) is 19.3 Å². The summed E-state index contributed by atoms with van der Waals surface area (Å²) >= 11 is 0. The largest absolute Gasteiger partial charge is 0.462 e. The SMILES string of the molecule is CC/C=C\C/C=C\C/C=C\CCCCCCCCCC(=O)OC(COC(=O)CCCCCCCCC)COC(=O)CCCCCCCCCCCCCCCCCCCCCCCCCCCCCC. The molecule has 0 rings (SSSR count). The number of carbonyl (C=O) groups excluding carboxylic acids is 3. The van der Waals surface area contributed by atoms with E-state index in [1.807, 2.05) is 0 Å². The van der Waals surface area contributed by atoms with Crippen molar-refractivity contribution >= 4 is 17.9 Å². The maximum atomic E-state index is 12.8. The second-order valence-electron chi connectivity index (χ2n) is 21.0. The highest BCUT2D eigenvalue weighted by Gasteiger charge is 2.19. The van der Waals surface area contributed by atoms with Crippen LogP contribution in [-0.4, -0.2) is 37.2 Å². The Bertz CT molecular complexity index is 1170. The number of unbranched alkanes of at least 4 members (excludes halogenated alkanes) is 40. The Hall–Kier alpha value is -2.37. The maximum Gasteiger partial charge on any atom is 0.306 e. The quantitative estimate of drug-likeness (QED) is 0.0261. The average molecular weight is 984 g/mol. The van der Waals surface area contributed by atoms with Crippen LogP contribution < -0.4 is 0 Å². The van der Waals surface area contributed by atoms with Crippen LogP contribution in [0.15, 0.2) is 36.5 Å². The molecule has 0 fully saturated rings. The van der Waals surface area contributed by atoms with E-state index in [9.17, 15) is 14.4 Å². The number of rotatable bonds is 57. The van der Waals surface area contributed by atoms with Crippen LogP contribution in [0.5, 0.6) is 0 Å². The van der Waals surface area contributed by atoms with E-state index in [0.29, 0.717) is 19.3 Å². The van der Waals surface area contributed by atoms with Gasteiger partial charge in [-0.05, 0) is 51.4 Å². The van der Waals surface area contributed by atoms with Gasteiger partial charge in [0.2, 0.25) is 0 Å². The molecule has 6 nitrogen and oxygen atoms in total. The van der Waals surface area contributed by atoms with Gasteiger partial charge in [0.15, 0.2) is 6.10 Å². The van der Waals surface area contributed by atoms with Crippen LogP contribution in [-0.2, 0) is 28.6 Å². The van der Waals surface area contributed by atoms with E-state index in [2.05, 4.69) is 57.2 Å². The minimum atomic E-state index is -0.772. The summed E-state index contributed by atoms with van der Waals surface area (Å²) in [5.41, 5.74) is 0. The number of esters is 3. The molecule has 0 aliphatic rings. The Kier molecular flexibility index (Phi) is 57.2. The topological polar surface area (TPSA) is 78.9 Å². The van der Waals surface area contributed by atoms with E-state index in [1.165, 1.54) is 212 Å². The summed E-state index contributed by atoms with van der Waals surface area (Å²) in [6.07, 6.45) is 71.9. The summed E-state index contributed by atoms with van der Waals surface area (Å²) in [6, 6.07) is 0. The van der Waals surface area contributed by atoms with Crippen LogP contribution >= 0.6 is 0 Å². The summed E-state index contributed by atoms with van der Waals surface area (Å²) in [5, 5.41) is 0. The summed E-state index contributed by atoms with van der Waals surface area (Å²) in [6.45, 7) is 6.53. The minimum absolute atomic E-state index is 0.0721. The molecule has 1 unspecified atom stereocenters. The Morgan fingerprint density at radius 1 is 0.300 bits per heavy atom. The smallest absolute Gasteiger partial charge is 0.306 e. The molecule has 6 heteroatoms. The molecular weight excluding hydrogens is 865 g/mol. The lowest BCUT2D eigenvalue weighted by molar-refractivity contribution is -0.167. The van der Waals surface area contributed by atoms with E-state index in [4.69, 9.17) is 14.2 Å². The zero-order valence-corrected chi connectivity index (χ0v) is 47.1. The molecule has 0 spiro atoms. The van der Waals surface area contributed by atoms with Gasteiger partial charge < -0.3 is 14.2 Å². The molecule has 410 valence electrons. The highest BCUT2D eigenvalue weighted by molar-refractivity contribution is 5.71. The van der Waals surface area contributed by atoms with E-state index < -0.39 is 6.10 Å². The van der Waals surface area contributed by atoms with Crippen molar-refractivity contribution in [3.05, 3.63) is 36.5 Å². The van der Waals surface area contributed by atoms with Gasteiger partial charge in [-0.15, -0.1) is 0 Å². The van der Waals surface area contributed by atoms with Crippen molar-refractivity contribution in [3.8, 4) is 0 Å². The third-order valence-corrected chi connectivity index (χ3v) is 13.9. The lowest BCUT2D eigenvalue weighted by Gasteiger charge is -2.18. The zero-order chi connectivity index (χ0) is 50.7. The summed E-state index contributed by atoms with van der Waals surface area (Å²) < 4.78 is 16.8. The fourth-order valence-corrected chi connectivity index (χ4v) is 9.28. The molecule has 0 aromatic rings. The van der Waals surface area contributed by atoms with Gasteiger partial charge in [-0.1, -0.05) is 301 Å². The number of hydrogen-bond acceptors (Lipinski definition) is 6. The van der Waals surface area contributed by atoms with Crippen molar-refractivity contribution in [2.24, 2.45) is 0 Å². The third kappa shape index (κ3) is 56.5. The molecule has 0 aromatic heterocycles. The predicted octanol–water partition coefficient (Wildman–Crippen LogP) is 20.8. The van der Waals surface area contributed by atoms with Gasteiger partial charge in [0.05, 0.1) is 0 Å². The maximum absolute atomic E-state index is 12.8. The van der Waals surface area contributed by atoms with Crippen LogP contribution in [0.4, 0.5) is 0 Å². The zero-order valence-electron chi connectivity index (χ0n) is 47.1. The van der Waals surface area contributed by atoms with Crippen molar-refractivity contribution in [1.82, 2.24) is 0 Å². The Labute approximate surface area is 435 Å². The molecule has 0 aromatic carbocycles. The van der Waals surface area contributed by atoms with Crippen LogP contribution in [0.25, 0.3) is 0 Å². The van der Waals surface area contributed by atoms with E-state index >= 15 is 0 Å². The van der Waals surface area contributed by atoms with Crippen molar-refractivity contribution < 1.29 is 28.6 Å². The highest BCUT2D eigenvalue weighted by atomic mass is 16.6. The van der Waals surface area contributed by atoms with Gasteiger partial charge in [-0.2, -0.15) is 0 Å². The molecule has 1 atom stereocenters.